The van der Waals surface area contributed by atoms with Gasteiger partial charge < -0.3 is 10.1 Å². The molecule has 1 rings (SSSR count). The summed E-state index contributed by atoms with van der Waals surface area (Å²) in [5.41, 5.74) is 0.790. The highest BCUT2D eigenvalue weighted by Gasteiger charge is 2.14. The molecule has 0 unspecified atom stereocenters. The molecule has 1 aromatic carbocycles. The van der Waals surface area contributed by atoms with Crippen LogP contribution >= 0.6 is 11.6 Å². The Morgan fingerprint density at radius 1 is 1.29 bits per heavy atom. The number of hydrogen-bond acceptors (Lipinski definition) is 3. The lowest BCUT2D eigenvalue weighted by Gasteiger charge is -2.17. The Bertz CT molecular complexity index is 403. The lowest BCUT2D eigenvalue weighted by Crippen LogP contribution is -2.28. The van der Waals surface area contributed by atoms with E-state index in [1.807, 2.05) is 0 Å². The minimum absolute atomic E-state index is 0.170. The second-order valence-electron chi connectivity index (χ2n) is 3.59. The maximum atomic E-state index is 11.0. The molecule has 0 radical (unpaired) electrons. The highest BCUT2D eigenvalue weighted by molar-refractivity contribution is 6.30. The van der Waals surface area contributed by atoms with Gasteiger partial charge in [-0.15, -0.1) is 0 Å². The Morgan fingerprint density at radius 2 is 1.88 bits per heavy atom. The lowest BCUT2D eigenvalue weighted by atomic mass is 10.1. The number of carbonyl (C=O) groups is 2. The van der Waals surface area contributed by atoms with Crippen molar-refractivity contribution >= 4 is 23.5 Å². The van der Waals surface area contributed by atoms with Crippen LogP contribution in [0.1, 0.15) is 25.5 Å². The van der Waals surface area contributed by atoms with Crippen LogP contribution in [0, 0.1) is 0 Å². The molecular weight excluding hydrogens is 242 g/mol. The SMILES string of the molecule is CC(=O)NC[C@@H](OC(C)=O)c1ccc(Cl)cc1. The second kappa shape index (κ2) is 6.25. The fourth-order valence-electron chi connectivity index (χ4n) is 1.34. The number of esters is 1. The normalized spacial score (nSPS) is 11.7. The van der Waals surface area contributed by atoms with Gasteiger partial charge in [0, 0.05) is 18.9 Å². The highest BCUT2D eigenvalue weighted by Crippen LogP contribution is 2.19. The van der Waals surface area contributed by atoms with Crippen molar-refractivity contribution in [2.24, 2.45) is 0 Å². The number of benzene rings is 1. The first-order chi connectivity index (χ1) is 7.99. The van der Waals surface area contributed by atoms with E-state index >= 15 is 0 Å². The molecule has 0 aromatic heterocycles. The molecule has 1 atom stereocenters. The lowest BCUT2D eigenvalue weighted by molar-refractivity contribution is -0.147. The molecule has 0 aliphatic heterocycles. The first-order valence-corrected chi connectivity index (χ1v) is 5.54. The van der Waals surface area contributed by atoms with Crippen LogP contribution in [-0.4, -0.2) is 18.4 Å². The van der Waals surface area contributed by atoms with Gasteiger partial charge >= 0.3 is 5.97 Å². The number of halogens is 1. The van der Waals surface area contributed by atoms with E-state index in [0.717, 1.165) is 5.56 Å². The molecule has 92 valence electrons. The zero-order valence-corrected chi connectivity index (χ0v) is 10.5. The van der Waals surface area contributed by atoms with E-state index in [2.05, 4.69) is 5.32 Å². The summed E-state index contributed by atoms with van der Waals surface area (Å²) >= 11 is 5.77. The number of amides is 1. The van der Waals surface area contributed by atoms with Gasteiger partial charge in [-0.05, 0) is 17.7 Å². The molecule has 1 amide bonds. The number of hydrogen-bond donors (Lipinski definition) is 1. The zero-order chi connectivity index (χ0) is 12.8. The van der Waals surface area contributed by atoms with Crippen LogP contribution in [0.5, 0.6) is 0 Å². The average Bonchev–Trinajstić information content (AvgIpc) is 2.25. The van der Waals surface area contributed by atoms with Crippen molar-refractivity contribution in [3.63, 3.8) is 0 Å². The molecule has 0 aliphatic rings. The van der Waals surface area contributed by atoms with E-state index in [4.69, 9.17) is 16.3 Å². The standard InChI is InChI=1S/C12H14ClNO3/c1-8(15)14-7-12(17-9(2)16)10-3-5-11(13)6-4-10/h3-6,12H,7H2,1-2H3,(H,14,15)/t12-/m1/s1. The maximum Gasteiger partial charge on any atom is 0.303 e. The molecule has 0 aliphatic carbocycles. The predicted molar refractivity (Wildman–Crippen MR) is 64.6 cm³/mol. The minimum Gasteiger partial charge on any atom is -0.456 e. The number of rotatable bonds is 4. The predicted octanol–water partition coefficient (Wildman–Crippen LogP) is 2.08. The molecule has 4 nitrogen and oxygen atoms in total. The van der Waals surface area contributed by atoms with E-state index in [9.17, 15) is 9.59 Å². The van der Waals surface area contributed by atoms with Crippen molar-refractivity contribution in [2.45, 2.75) is 20.0 Å². The quantitative estimate of drug-likeness (QED) is 0.838. The molecule has 5 heteroatoms. The van der Waals surface area contributed by atoms with E-state index < -0.39 is 12.1 Å². The third-order valence-electron chi connectivity index (χ3n) is 2.09. The van der Waals surface area contributed by atoms with Crippen molar-refractivity contribution < 1.29 is 14.3 Å². The third-order valence-corrected chi connectivity index (χ3v) is 2.34. The van der Waals surface area contributed by atoms with Gasteiger partial charge in [0.05, 0.1) is 6.54 Å². The Kier molecular flexibility index (Phi) is 4.97. The van der Waals surface area contributed by atoms with Crippen LogP contribution in [-0.2, 0) is 14.3 Å². The molecular formula is C12H14ClNO3. The van der Waals surface area contributed by atoms with Gasteiger partial charge in [-0.25, -0.2) is 0 Å². The van der Waals surface area contributed by atoms with Crippen LogP contribution in [0.3, 0.4) is 0 Å². The molecule has 0 saturated carbocycles. The molecule has 1 N–H and O–H groups in total. The van der Waals surface area contributed by atoms with Gasteiger partial charge in [0.1, 0.15) is 6.10 Å². The zero-order valence-electron chi connectivity index (χ0n) is 9.70. The van der Waals surface area contributed by atoms with Gasteiger partial charge in [0.2, 0.25) is 5.91 Å². The Hall–Kier alpha value is -1.55. The smallest absolute Gasteiger partial charge is 0.303 e. The molecule has 17 heavy (non-hydrogen) atoms. The van der Waals surface area contributed by atoms with Gasteiger partial charge in [-0.3, -0.25) is 9.59 Å². The summed E-state index contributed by atoms with van der Waals surface area (Å²) in [6.45, 7) is 2.99. The van der Waals surface area contributed by atoms with Crippen molar-refractivity contribution in [1.82, 2.24) is 5.32 Å². The molecule has 0 fully saturated rings. The number of carbonyl (C=O) groups excluding carboxylic acids is 2. The second-order valence-corrected chi connectivity index (χ2v) is 4.02. The number of ether oxygens (including phenoxy) is 1. The van der Waals surface area contributed by atoms with E-state index in [1.165, 1.54) is 13.8 Å². The highest BCUT2D eigenvalue weighted by atomic mass is 35.5. The van der Waals surface area contributed by atoms with Gasteiger partial charge in [0.15, 0.2) is 0 Å². The van der Waals surface area contributed by atoms with Crippen LogP contribution in [0.15, 0.2) is 24.3 Å². The molecule has 0 spiro atoms. The number of nitrogens with one attached hydrogen (secondary N) is 1. The summed E-state index contributed by atoms with van der Waals surface area (Å²) in [6.07, 6.45) is -0.492. The first kappa shape index (κ1) is 13.5. The van der Waals surface area contributed by atoms with Crippen LogP contribution < -0.4 is 5.32 Å². The summed E-state index contributed by atoms with van der Waals surface area (Å²) in [4.78, 5) is 21.8. The maximum absolute atomic E-state index is 11.0. The molecule has 0 heterocycles. The monoisotopic (exact) mass is 255 g/mol. The van der Waals surface area contributed by atoms with Crippen LogP contribution in [0.2, 0.25) is 5.02 Å². The van der Waals surface area contributed by atoms with E-state index in [1.54, 1.807) is 24.3 Å². The molecule has 0 bridgehead atoms. The Balaban J connectivity index is 2.77. The Morgan fingerprint density at radius 3 is 2.35 bits per heavy atom. The van der Waals surface area contributed by atoms with Crippen molar-refractivity contribution in [3.05, 3.63) is 34.9 Å². The van der Waals surface area contributed by atoms with Gasteiger partial charge in [0.25, 0.3) is 0 Å². The average molecular weight is 256 g/mol. The topological polar surface area (TPSA) is 55.4 Å². The fraction of sp³-hybridized carbons (Fsp3) is 0.333. The van der Waals surface area contributed by atoms with E-state index in [0.29, 0.717) is 5.02 Å². The van der Waals surface area contributed by atoms with Crippen LogP contribution in [0.25, 0.3) is 0 Å². The summed E-state index contributed by atoms with van der Waals surface area (Å²) in [5.74, 6) is -0.564. The summed E-state index contributed by atoms with van der Waals surface area (Å²) in [5, 5.41) is 3.22. The van der Waals surface area contributed by atoms with Crippen molar-refractivity contribution in [1.29, 1.82) is 0 Å². The molecule has 0 saturated heterocycles. The molecule has 1 aromatic rings. The van der Waals surface area contributed by atoms with Crippen molar-refractivity contribution in [3.8, 4) is 0 Å². The summed E-state index contributed by atoms with van der Waals surface area (Å²) in [6, 6.07) is 6.94. The third kappa shape index (κ3) is 4.87. The first-order valence-electron chi connectivity index (χ1n) is 5.16. The van der Waals surface area contributed by atoms with Crippen LogP contribution in [0.4, 0.5) is 0 Å². The van der Waals surface area contributed by atoms with Gasteiger partial charge in [-0.2, -0.15) is 0 Å². The summed E-state index contributed by atoms with van der Waals surface area (Å²) < 4.78 is 5.13. The van der Waals surface area contributed by atoms with E-state index in [-0.39, 0.29) is 12.5 Å². The summed E-state index contributed by atoms with van der Waals surface area (Å²) in [7, 11) is 0. The largest absolute Gasteiger partial charge is 0.456 e. The van der Waals surface area contributed by atoms with Gasteiger partial charge in [-0.1, -0.05) is 23.7 Å². The fourth-order valence-corrected chi connectivity index (χ4v) is 1.47. The Labute approximate surface area is 105 Å². The minimum atomic E-state index is -0.492. The van der Waals surface area contributed by atoms with Crippen molar-refractivity contribution in [2.75, 3.05) is 6.54 Å².